The molecule has 0 spiro atoms. The Morgan fingerprint density at radius 2 is 2.04 bits per heavy atom. The van der Waals surface area contributed by atoms with Gasteiger partial charge in [-0.15, -0.1) is 0 Å². The fourth-order valence-corrected chi connectivity index (χ4v) is 4.35. The molecule has 1 N–H and O–H groups in total. The lowest BCUT2D eigenvalue weighted by atomic mass is 9.75. The molecule has 0 bridgehead atoms. The summed E-state index contributed by atoms with van der Waals surface area (Å²) in [4.78, 5) is 4.39. The largest absolute Gasteiger partial charge is 0.376 e. The van der Waals surface area contributed by atoms with E-state index in [2.05, 4.69) is 42.3 Å². The maximum absolute atomic E-state index is 6.46. The van der Waals surface area contributed by atoms with Crippen LogP contribution in [-0.2, 0) is 17.7 Å². The quantitative estimate of drug-likeness (QED) is 0.627. The Hall–Kier alpha value is -1.42. The number of rotatable bonds is 8. The van der Waals surface area contributed by atoms with E-state index in [1.807, 2.05) is 30.5 Å². The van der Waals surface area contributed by atoms with Crippen molar-refractivity contribution in [2.75, 3.05) is 13.2 Å². The van der Waals surface area contributed by atoms with Crippen LogP contribution >= 0.6 is 11.6 Å². The number of halogens is 1. The number of nitrogens with zero attached hydrogens (tertiary/aromatic N) is 1. The molecule has 3 nitrogen and oxygen atoms in total. The fourth-order valence-electron chi connectivity index (χ4n) is 4.14. The minimum atomic E-state index is -0.0248. The molecular formula is C23H31ClN2O. The van der Waals surface area contributed by atoms with Gasteiger partial charge in [0.1, 0.15) is 0 Å². The Morgan fingerprint density at radius 3 is 2.78 bits per heavy atom. The maximum atomic E-state index is 6.46. The van der Waals surface area contributed by atoms with Gasteiger partial charge in [0.05, 0.1) is 11.3 Å². The average Bonchev–Trinajstić information content (AvgIpc) is 2.66. The molecule has 4 heteroatoms. The van der Waals surface area contributed by atoms with E-state index in [0.717, 1.165) is 56.1 Å². The van der Waals surface area contributed by atoms with Crippen molar-refractivity contribution in [2.24, 2.45) is 11.8 Å². The van der Waals surface area contributed by atoms with Crippen LogP contribution in [0.4, 0.5) is 0 Å². The minimum absolute atomic E-state index is 0.0248. The number of benzene rings is 1. The Morgan fingerprint density at radius 1 is 1.22 bits per heavy atom. The van der Waals surface area contributed by atoms with Gasteiger partial charge in [-0.25, -0.2) is 0 Å². The Balaban J connectivity index is 1.61. The molecule has 3 rings (SSSR count). The molecule has 2 aromatic rings. The van der Waals surface area contributed by atoms with E-state index < -0.39 is 0 Å². The van der Waals surface area contributed by atoms with Gasteiger partial charge in [-0.05, 0) is 81.7 Å². The third-order valence-electron chi connectivity index (χ3n) is 5.57. The number of aromatic nitrogens is 1. The van der Waals surface area contributed by atoms with Gasteiger partial charge in [0, 0.05) is 24.4 Å². The summed E-state index contributed by atoms with van der Waals surface area (Å²) >= 11 is 6.46. The molecule has 1 fully saturated rings. The van der Waals surface area contributed by atoms with E-state index in [1.165, 1.54) is 5.56 Å². The number of pyridine rings is 1. The zero-order chi connectivity index (χ0) is 19.1. The zero-order valence-electron chi connectivity index (χ0n) is 16.5. The molecule has 0 radical (unpaired) electrons. The molecule has 2 atom stereocenters. The van der Waals surface area contributed by atoms with Crippen LogP contribution in [0.1, 0.15) is 44.4 Å². The number of ether oxygens (including phenoxy) is 1. The lowest BCUT2D eigenvalue weighted by Crippen LogP contribution is -2.38. The Kier molecular flexibility index (Phi) is 7.28. The first kappa shape index (κ1) is 20.3. The van der Waals surface area contributed by atoms with Crippen LogP contribution in [0.3, 0.4) is 0 Å². The highest BCUT2D eigenvalue weighted by molar-refractivity contribution is 6.31. The summed E-state index contributed by atoms with van der Waals surface area (Å²) in [5.74, 6) is 1.27. The van der Waals surface area contributed by atoms with E-state index in [4.69, 9.17) is 16.3 Å². The van der Waals surface area contributed by atoms with Crippen LogP contribution < -0.4 is 5.32 Å². The summed E-state index contributed by atoms with van der Waals surface area (Å²) in [6, 6.07) is 14.3. The number of hydrogen-bond acceptors (Lipinski definition) is 3. The minimum Gasteiger partial charge on any atom is -0.376 e. The second-order valence-electron chi connectivity index (χ2n) is 8.20. The number of nitrogens with one attached hydrogen (secondary N) is 1. The standard InChI is InChI=1S/C23H31ClN2O/c1-23(2)16-20(11-14-27-23)18(15-19-7-3-4-9-22(19)24)10-13-25-17-21-8-5-6-12-26-21/h3-9,12,18,20,25H,10-11,13-17H2,1-2H3/t18-,20+/m1/s1. The lowest BCUT2D eigenvalue weighted by Gasteiger charge is -2.39. The van der Waals surface area contributed by atoms with Crippen molar-refractivity contribution in [2.45, 2.75) is 51.7 Å². The molecule has 1 aromatic heterocycles. The highest BCUT2D eigenvalue weighted by Crippen LogP contribution is 2.37. The third kappa shape index (κ3) is 6.31. The van der Waals surface area contributed by atoms with Crippen LogP contribution in [0.25, 0.3) is 0 Å². The van der Waals surface area contributed by atoms with Crippen molar-refractivity contribution in [3.63, 3.8) is 0 Å². The molecule has 1 aromatic carbocycles. The summed E-state index contributed by atoms with van der Waals surface area (Å²) in [6.45, 7) is 7.09. The summed E-state index contributed by atoms with van der Waals surface area (Å²) in [5.41, 5.74) is 2.33. The summed E-state index contributed by atoms with van der Waals surface area (Å²) < 4.78 is 5.95. The van der Waals surface area contributed by atoms with E-state index >= 15 is 0 Å². The van der Waals surface area contributed by atoms with Crippen molar-refractivity contribution in [1.82, 2.24) is 10.3 Å². The SMILES string of the molecule is CC1(C)C[C@@H]([C@H](CCNCc2ccccn2)Cc2ccccc2Cl)CCO1. The molecule has 146 valence electrons. The van der Waals surface area contributed by atoms with Gasteiger partial charge in [-0.1, -0.05) is 35.9 Å². The van der Waals surface area contributed by atoms with Crippen molar-refractivity contribution in [1.29, 1.82) is 0 Å². The van der Waals surface area contributed by atoms with Crippen molar-refractivity contribution >= 4 is 11.6 Å². The Bertz CT molecular complexity index is 705. The second kappa shape index (κ2) is 9.68. The summed E-state index contributed by atoms with van der Waals surface area (Å²) in [7, 11) is 0. The topological polar surface area (TPSA) is 34.2 Å². The molecule has 0 saturated carbocycles. The number of hydrogen-bond donors (Lipinski definition) is 1. The van der Waals surface area contributed by atoms with Crippen LogP contribution in [0.2, 0.25) is 5.02 Å². The molecule has 1 saturated heterocycles. The molecular weight excluding hydrogens is 356 g/mol. The van der Waals surface area contributed by atoms with E-state index in [-0.39, 0.29) is 5.60 Å². The van der Waals surface area contributed by atoms with Gasteiger partial charge in [-0.2, -0.15) is 0 Å². The molecule has 1 aliphatic rings. The van der Waals surface area contributed by atoms with E-state index in [1.54, 1.807) is 0 Å². The van der Waals surface area contributed by atoms with Crippen LogP contribution in [0.5, 0.6) is 0 Å². The normalized spacial score (nSPS) is 20.3. The van der Waals surface area contributed by atoms with E-state index in [9.17, 15) is 0 Å². The first-order chi connectivity index (χ1) is 13.0. The molecule has 2 heterocycles. The molecule has 1 aliphatic heterocycles. The fraction of sp³-hybridized carbons (Fsp3) is 0.522. The van der Waals surface area contributed by atoms with Crippen LogP contribution in [-0.4, -0.2) is 23.7 Å². The van der Waals surface area contributed by atoms with Crippen molar-refractivity contribution < 1.29 is 4.74 Å². The van der Waals surface area contributed by atoms with Gasteiger partial charge in [-0.3, -0.25) is 4.98 Å². The zero-order valence-corrected chi connectivity index (χ0v) is 17.2. The van der Waals surface area contributed by atoms with Gasteiger partial charge in [0.2, 0.25) is 0 Å². The summed E-state index contributed by atoms with van der Waals surface area (Å²) in [6.07, 6.45) is 6.27. The Labute approximate surface area is 168 Å². The summed E-state index contributed by atoms with van der Waals surface area (Å²) in [5, 5.41) is 4.45. The average molecular weight is 387 g/mol. The van der Waals surface area contributed by atoms with E-state index in [0.29, 0.717) is 11.8 Å². The maximum Gasteiger partial charge on any atom is 0.0629 e. The van der Waals surface area contributed by atoms with Gasteiger partial charge >= 0.3 is 0 Å². The smallest absolute Gasteiger partial charge is 0.0629 e. The molecule has 0 unspecified atom stereocenters. The highest BCUT2D eigenvalue weighted by atomic mass is 35.5. The first-order valence-corrected chi connectivity index (χ1v) is 10.4. The molecule has 0 amide bonds. The van der Waals surface area contributed by atoms with Crippen LogP contribution in [0.15, 0.2) is 48.7 Å². The van der Waals surface area contributed by atoms with Gasteiger partial charge < -0.3 is 10.1 Å². The monoisotopic (exact) mass is 386 g/mol. The first-order valence-electron chi connectivity index (χ1n) is 10.0. The predicted molar refractivity (Wildman–Crippen MR) is 112 cm³/mol. The molecule has 27 heavy (non-hydrogen) atoms. The third-order valence-corrected chi connectivity index (χ3v) is 5.93. The van der Waals surface area contributed by atoms with Crippen molar-refractivity contribution in [3.8, 4) is 0 Å². The van der Waals surface area contributed by atoms with Crippen molar-refractivity contribution in [3.05, 3.63) is 64.9 Å². The molecule has 0 aliphatic carbocycles. The second-order valence-corrected chi connectivity index (χ2v) is 8.61. The van der Waals surface area contributed by atoms with Gasteiger partial charge in [0.25, 0.3) is 0 Å². The van der Waals surface area contributed by atoms with Crippen LogP contribution in [0, 0.1) is 11.8 Å². The lowest BCUT2D eigenvalue weighted by molar-refractivity contribution is -0.0830. The predicted octanol–water partition coefficient (Wildman–Crippen LogP) is 5.28. The highest BCUT2D eigenvalue weighted by Gasteiger charge is 2.33. The van der Waals surface area contributed by atoms with Gasteiger partial charge in [0.15, 0.2) is 0 Å².